The molecule has 0 bridgehead atoms. The molecule has 4 nitrogen and oxygen atoms in total. The van der Waals surface area contributed by atoms with Crippen LogP contribution >= 0.6 is 11.3 Å². The predicted octanol–water partition coefficient (Wildman–Crippen LogP) is 3.36. The molecule has 0 fully saturated rings. The van der Waals surface area contributed by atoms with E-state index in [0.717, 1.165) is 39.3 Å². The van der Waals surface area contributed by atoms with Gasteiger partial charge in [0, 0.05) is 16.6 Å². The minimum Gasteiger partial charge on any atom is -1.00 e. The number of methoxy groups -OCH3 is 1. The average Bonchev–Trinajstić information content (AvgIpc) is 3.18. The highest BCUT2D eigenvalue weighted by molar-refractivity contribution is 7.14. The van der Waals surface area contributed by atoms with Crippen molar-refractivity contribution < 1.29 is 26.5 Å². The smallest absolute Gasteiger partial charge is 0.187 e. The first-order valence-electron chi connectivity index (χ1n) is 8.51. The molecule has 0 spiro atoms. The zero-order valence-electron chi connectivity index (χ0n) is 15.1. The molecule has 1 heterocycles. The summed E-state index contributed by atoms with van der Waals surface area (Å²) in [5.41, 5.74) is 2.83. The molecule has 4 rings (SSSR count). The Morgan fingerprint density at radius 1 is 0.821 bits per heavy atom. The van der Waals surface area contributed by atoms with Crippen LogP contribution in [0.15, 0.2) is 84.2 Å². The Morgan fingerprint density at radius 3 is 2.25 bits per heavy atom. The van der Waals surface area contributed by atoms with Crippen LogP contribution in [0.1, 0.15) is 0 Å². The van der Waals surface area contributed by atoms with Gasteiger partial charge in [0.2, 0.25) is 0 Å². The standard InChI is InChI=1S/C22H18N2O2S.BrH/c1-25-21-10-6-5-9-19(21)20-15-27-22(24-20)23-16-11-13-18(14-12-16)26-17-7-3-2-4-8-17;/h2-15H,1H3,(H,23,24);1H/p-1. The fourth-order valence-corrected chi connectivity index (χ4v) is 3.40. The summed E-state index contributed by atoms with van der Waals surface area (Å²) in [6.07, 6.45) is 0. The van der Waals surface area contributed by atoms with Crippen LogP contribution in [0.25, 0.3) is 11.3 Å². The van der Waals surface area contributed by atoms with Crippen molar-refractivity contribution in [3.05, 3.63) is 84.2 Å². The van der Waals surface area contributed by atoms with Gasteiger partial charge in [0.25, 0.3) is 0 Å². The quantitative estimate of drug-likeness (QED) is 0.486. The molecule has 0 amide bonds. The summed E-state index contributed by atoms with van der Waals surface area (Å²) in [6, 6.07) is 25.4. The lowest BCUT2D eigenvalue weighted by atomic mass is 10.1. The highest BCUT2D eigenvalue weighted by atomic mass is 79.9. The number of halogens is 1. The summed E-state index contributed by atoms with van der Waals surface area (Å²) < 4.78 is 11.2. The van der Waals surface area contributed by atoms with E-state index in [9.17, 15) is 0 Å². The van der Waals surface area contributed by atoms with Crippen LogP contribution in [0.4, 0.5) is 10.8 Å². The van der Waals surface area contributed by atoms with E-state index >= 15 is 0 Å². The summed E-state index contributed by atoms with van der Waals surface area (Å²) in [6.45, 7) is 0. The Balaban J connectivity index is 0.00000225. The minimum atomic E-state index is 0. The lowest BCUT2D eigenvalue weighted by Crippen LogP contribution is -3.00. The molecule has 0 atom stereocenters. The molecule has 0 aliphatic rings. The van der Waals surface area contributed by atoms with E-state index in [0.29, 0.717) is 0 Å². The third-order valence-electron chi connectivity index (χ3n) is 3.97. The Kier molecular flexibility index (Phi) is 6.68. The first kappa shape index (κ1) is 19.9. The number of nitrogens with zero attached hydrogens (tertiary/aromatic N) is 1. The van der Waals surface area contributed by atoms with Gasteiger partial charge in [-0.15, -0.1) is 11.3 Å². The number of benzene rings is 3. The number of ether oxygens (including phenoxy) is 2. The maximum atomic E-state index is 5.82. The van der Waals surface area contributed by atoms with Gasteiger partial charge >= 0.3 is 0 Å². The van der Waals surface area contributed by atoms with E-state index in [4.69, 9.17) is 9.47 Å². The molecule has 28 heavy (non-hydrogen) atoms. The van der Waals surface area contributed by atoms with Gasteiger partial charge in [0.05, 0.1) is 12.8 Å². The van der Waals surface area contributed by atoms with Gasteiger partial charge in [-0.05, 0) is 48.5 Å². The Bertz CT molecular complexity index is 1020. The molecule has 0 aliphatic heterocycles. The van der Waals surface area contributed by atoms with Crippen LogP contribution < -0.4 is 31.8 Å². The van der Waals surface area contributed by atoms with Crippen LogP contribution in [-0.4, -0.2) is 12.1 Å². The number of hydrogen-bond donors (Lipinski definition) is 1. The van der Waals surface area contributed by atoms with E-state index in [1.807, 2.05) is 84.2 Å². The van der Waals surface area contributed by atoms with E-state index in [-0.39, 0.29) is 17.0 Å². The van der Waals surface area contributed by atoms with E-state index < -0.39 is 0 Å². The van der Waals surface area contributed by atoms with Crippen molar-refractivity contribution in [3.8, 4) is 28.5 Å². The van der Waals surface area contributed by atoms with Crippen LogP contribution in [0.5, 0.6) is 17.2 Å². The average molecular weight is 454 g/mol. The molecular formula is C22H18BrN2O2S-. The molecule has 4 aromatic rings. The first-order valence-corrected chi connectivity index (χ1v) is 9.39. The summed E-state index contributed by atoms with van der Waals surface area (Å²) in [5.74, 6) is 2.43. The maximum absolute atomic E-state index is 5.82. The van der Waals surface area contributed by atoms with Gasteiger partial charge in [0.15, 0.2) is 5.13 Å². The number of thiazole rings is 1. The number of para-hydroxylation sites is 2. The summed E-state index contributed by atoms with van der Waals surface area (Å²) in [7, 11) is 1.67. The predicted molar refractivity (Wildman–Crippen MR) is 110 cm³/mol. The normalized spacial score (nSPS) is 10.0. The zero-order chi connectivity index (χ0) is 18.5. The molecule has 142 valence electrons. The van der Waals surface area contributed by atoms with Crippen molar-refractivity contribution in [2.24, 2.45) is 0 Å². The Labute approximate surface area is 178 Å². The molecule has 0 saturated heterocycles. The van der Waals surface area contributed by atoms with Crippen LogP contribution in [-0.2, 0) is 0 Å². The Morgan fingerprint density at radius 2 is 1.50 bits per heavy atom. The minimum absolute atomic E-state index is 0. The molecule has 0 aliphatic carbocycles. The number of anilines is 2. The lowest BCUT2D eigenvalue weighted by molar-refractivity contribution is -0.00000608. The van der Waals surface area contributed by atoms with Crippen LogP contribution in [0.3, 0.4) is 0 Å². The molecule has 0 radical (unpaired) electrons. The largest absolute Gasteiger partial charge is 1.00 e. The van der Waals surface area contributed by atoms with Crippen molar-refractivity contribution in [2.45, 2.75) is 0 Å². The SMILES string of the molecule is COc1ccccc1-c1csc(Nc2ccc(Oc3ccccc3)cc2)n1.[Br-]. The third kappa shape index (κ3) is 4.71. The highest BCUT2D eigenvalue weighted by Gasteiger charge is 2.09. The van der Waals surface area contributed by atoms with Gasteiger partial charge in [-0.25, -0.2) is 4.98 Å². The highest BCUT2D eigenvalue weighted by Crippen LogP contribution is 2.33. The summed E-state index contributed by atoms with van der Waals surface area (Å²) >= 11 is 1.56. The monoisotopic (exact) mass is 453 g/mol. The fraction of sp³-hybridized carbons (Fsp3) is 0.0455. The van der Waals surface area contributed by atoms with E-state index in [1.54, 1.807) is 18.4 Å². The second kappa shape index (κ2) is 9.39. The topological polar surface area (TPSA) is 43.4 Å². The first-order chi connectivity index (χ1) is 13.3. The number of rotatable bonds is 6. The maximum Gasteiger partial charge on any atom is 0.187 e. The molecule has 0 saturated carbocycles. The third-order valence-corrected chi connectivity index (χ3v) is 4.73. The molecule has 1 aromatic heterocycles. The molecule has 6 heteroatoms. The second-order valence-electron chi connectivity index (χ2n) is 5.80. The van der Waals surface area contributed by atoms with Crippen LogP contribution in [0.2, 0.25) is 0 Å². The molecule has 3 aromatic carbocycles. The molecular weight excluding hydrogens is 436 g/mol. The summed E-state index contributed by atoms with van der Waals surface area (Å²) in [5, 5.41) is 6.18. The Hall–Kier alpha value is -2.83. The number of aromatic nitrogens is 1. The van der Waals surface area contributed by atoms with Crippen LogP contribution in [0, 0.1) is 0 Å². The molecule has 1 N–H and O–H groups in total. The molecule has 0 unspecified atom stereocenters. The van der Waals surface area contributed by atoms with Crippen molar-refractivity contribution in [1.29, 1.82) is 0 Å². The zero-order valence-corrected chi connectivity index (χ0v) is 17.5. The lowest BCUT2D eigenvalue weighted by Gasteiger charge is -2.07. The van der Waals surface area contributed by atoms with Crippen molar-refractivity contribution in [3.63, 3.8) is 0 Å². The van der Waals surface area contributed by atoms with Gasteiger partial charge in [-0.1, -0.05) is 30.3 Å². The van der Waals surface area contributed by atoms with Gasteiger partial charge in [-0.2, -0.15) is 0 Å². The van der Waals surface area contributed by atoms with Crippen molar-refractivity contribution in [1.82, 2.24) is 4.98 Å². The second-order valence-corrected chi connectivity index (χ2v) is 6.66. The van der Waals surface area contributed by atoms with Crippen molar-refractivity contribution in [2.75, 3.05) is 12.4 Å². The number of hydrogen-bond acceptors (Lipinski definition) is 5. The van der Waals surface area contributed by atoms with Gasteiger partial charge < -0.3 is 31.8 Å². The van der Waals surface area contributed by atoms with Gasteiger partial charge in [0.1, 0.15) is 17.2 Å². The number of nitrogens with one attached hydrogen (secondary N) is 1. The van der Waals surface area contributed by atoms with E-state index in [2.05, 4.69) is 10.3 Å². The summed E-state index contributed by atoms with van der Waals surface area (Å²) in [4.78, 5) is 4.67. The van der Waals surface area contributed by atoms with Gasteiger partial charge in [-0.3, -0.25) is 0 Å². The van der Waals surface area contributed by atoms with E-state index in [1.165, 1.54) is 0 Å². The van der Waals surface area contributed by atoms with Crippen molar-refractivity contribution >= 4 is 22.2 Å². The fourth-order valence-electron chi connectivity index (χ4n) is 2.67.